The molecule has 3 aromatic rings. The monoisotopic (exact) mass is 424 g/mol. The van der Waals surface area contributed by atoms with Crippen molar-refractivity contribution in [3.63, 3.8) is 0 Å². The summed E-state index contributed by atoms with van der Waals surface area (Å²) in [6.07, 6.45) is 8.14. The molecular weight excluding hydrogens is 400 g/mol. The number of carbonyl (C=O) groups excluding carboxylic acids is 1. The molecule has 0 N–H and O–H groups in total. The summed E-state index contributed by atoms with van der Waals surface area (Å²) in [6.45, 7) is 3.65. The molecule has 1 saturated heterocycles. The van der Waals surface area contributed by atoms with Gasteiger partial charge in [0.15, 0.2) is 5.16 Å². The molecule has 7 heteroatoms. The van der Waals surface area contributed by atoms with Crippen molar-refractivity contribution >= 4 is 29.0 Å². The zero-order chi connectivity index (χ0) is 20.1. The maximum Gasteiger partial charge on any atom is 0.227 e. The third-order valence-electron chi connectivity index (χ3n) is 5.18. The number of thiophene rings is 1. The molecule has 4 heterocycles. The van der Waals surface area contributed by atoms with Crippen molar-refractivity contribution in [3.8, 4) is 0 Å². The third kappa shape index (κ3) is 5.22. The number of pyridine rings is 1. The van der Waals surface area contributed by atoms with Gasteiger partial charge >= 0.3 is 0 Å². The van der Waals surface area contributed by atoms with Crippen LogP contribution in [0.2, 0.25) is 0 Å². The zero-order valence-corrected chi connectivity index (χ0v) is 18.1. The molecule has 0 aromatic carbocycles. The van der Waals surface area contributed by atoms with Crippen molar-refractivity contribution in [1.82, 2.24) is 19.9 Å². The lowest BCUT2D eigenvalue weighted by Gasteiger charge is -2.33. The maximum absolute atomic E-state index is 12.7. The number of thioether (sulfide) groups is 1. The number of rotatable bonds is 6. The van der Waals surface area contributed by atoms with E-state index in [4.69, 9.17) is 4.98 Å². The Morgan fingerprint density at radius 1 is 1.31 bits per heavy atom. The maximum atomic E-state index is 12.7. The van der Waals surface area contributed by atoms with Gasteiger partial charge in [0.2, 0.25) is 5.91 Å². The van der Waals surface area contributed by atoms with E-state index in [0.717, 1.165) is 59.2 Å². The highest BCUT2D eigenvalue weighted by Gasteiger charge is 2.27. The summed E-state index contributed by atoms with van der Waals surface area (Å²) in [6, 6.07) is 6.04. The molecule has 4 rings (SSSR count). The number of aryl methyl sites for hydroxylation is 1. The van der Waals surface area contributed by atoms with Gasteiger partial charge in [0, 0.05) is 43.4 Å². The number of hydrogen-bond acceptors (Lipinski definition) is 6. The molecule has 0 aliphatic carbocycles. The fraction of sp³-hybridized carbons (Fsp3) is 0.364. The van der Waals surface area contributed by atoms with Crippen molar-refractivity contribution < 1.29 is 4.79 Å². The number of hydrogen-bond donors (Lipinski definition) is 0. The average molecular weight is 425 g/mol. The van der Waals surface area contributed by atoms with Gasteiger partial charge in [-0.15, -0.1) is 0 Å². The molecule has 1 unspecified atom stereocenters. The molecule has 3 aromatic heterocycles. The highest BCUT2D eigenvalue weighted by molar-refractivity contribution is 7.98. The summed E-state index contributed by atoms with van der Waals surface area (Å²) in [5, 5.41) is 4.87. The molecule has 5 nitrogen and oxygen atoms in total. The molecule has 150 valence electrons. The number of carbonyl (C=O) groups is 1. The second-order valence-electron chi connectivity index (χ2n) is 7.36. The van der Waals surface area contributed by atoms with E-state index in [0.29, 0.717) is 6.42 Å². The predicted molar refractivity (Wildman–Crippen MR) is 117 cm³/mol. The van der Waals surface area contributed by atoms with Gasteiger partial charge in [-0.3, -0.25) is 9.78 Å². The van der Waals surface area contributed by atoms with E-state index in [1.807, 2.05) is 34.8 Å². The van der Waals surface area contributed by atoms with E-state index in [-0.39, 0.29) is 11.8 Å². The van der Waals surface area contributed by atoms with Crippen LogP contribution in [0.4, 0.5) is 0 Å². The second-order valence-corrected chi connectivity index (χ2v) is 9.08. The van der Waals surface area contributed by atoms with Crippen LogP contribution < -0.4 is 0 Å². The number of amides is 1. The molecule has 0 radical (unpaired) electrons. The Kier molecular flexibility index (Phi) is 6.56. The summed E-state index contributed by atoms with van der Waals surface area (Å²) < 4.78 is 0. The lowest BCUT2D eigenvalue weighted by atomic mass is 9.92. The molecule has 1 aliphatic heterocycles. The van der Waals surface area contributed by atoms with Crippen LogP contribution in [0.25, 0.3) is 0 Å². The molecule has 1 atom stereocenters. The summed E-state index contributed by atoms with van der Waals surface area (Å²) in [4.78, 5) is 28.3. The Bertz CT molecular complexity index is 947. The van der Waals surface area contributed by atoms with Crippen LogP contribution in [0.15, 0.2) is 52.7 Å². The highest BCUT2D eigenvalue weighted by atomic mass is 32.2. The van der Waals surface area contributed by atoms with Crippen LogP contribution in [0.3, 0.4) is 0 Å². The minimum absolute atomic E-state index is 0.214. The average Bonchev–Trinajstić information content (AvgIpc) is 3.27. The smallest absolute Gasteiger partial charge is 0.227 e. The van der Waals surface area contributed by atoms with E-state index in [9.17, 15) is 4.79 Å². The largest absolute Gasteiger partial charge is 0.342 e. The lowest BCUT2D eigenvalue weighted by molar-refractivity contribution is -0.131. The van der Waals surface area contributed by atoms with Crippen molar-refractivity contribution in [3.05, 3.63) is 69.9 Å². The van der Waals surface area contributed by atoms with Crippen LogP contribution >= 0.6 is 23.1 Å². The van der Waals surface area contributed by atoms with Crippen molar-refractivity contribution in [2.45, 2.75) is 43.0 Å². The van der Waals surface area contributed by atoms with E-state index in [1.54, 1.807) is 29.3 Å². The number of piperidine rings is 1. The summed E-state index contributed by atoms with van der Waals surface area (Å²) >= 11 is 3.27. The van der Waals surface area contributed by atoms with Gasteiger partial charge in [-0.2, -0.15) is 11.3 Å². The molecule has 0 bridgehead atoms. The van der Waals surface area contributed by atoms with Gasteiger partial charge in [-0.1, -0.05) is 17.8 Å². The molecule has 0 spiro atoms. The molecule has 1 fully saturated rings. The second kappa shape index (κ2) is 9.50. The first-order valence-corrected chi connectivity index (χ1v) is 11.8. The Hall–Kier alpha value is -2.25. The lowest BCUT2D eigenvalue weighted by Crippen LogP contribution is -2.40. The van der Waals surface area contributed by atoms with Gasteiger partial charge in [-0.25, -0.2) is 9.97 Å². The molecular formula is C22H24N4OS2. The number of aromatic nitrogens is 3. The summed E-state index contributed by atoms with van der Waals surface area (Å²) in [5.41, 5.74) is 4.45. The van der Waals surface area contributed by atoms with Crippen LogP contribution in [0.5, 0.6) is 0 Å². The first-order chi connectivity index (χ1) is 14.2. The minimum atomic E-state index is 0.214. The van der Waals surface area contributed by atoms with E-state index in [1.165, 1.54) is 0 Å². The zero-order valence-electron chi connectivity index (χ0n) is 16.5. The van der Waals surface area contributed by atoms with E-state index < -0.39 is 0 Å². The first-order valence-electron chi connectivity index (χ1n) is 9.83. The van der Waals surface area contributed by atoms with Gasteiger partial charge in [0.05, 0.1) is 12.1 Å². The highest BCUT2D eigenvalue weighted by Crippen LogP contribution is 2.30. The molecule has 1 amide bonds. The standard InChI is InChI=1S/C22H24N4OS2/c1-16-11-24-22(29-15-18-4-2-7-23-12-18)25-21(16)19-5-3-8-26(13-19)20(27)10-17-6-9-28-14-17/h2,4,6-7,9,11-12,14,19H,3,5,8,10,13,15H2,1H3. The number of nitrogens with zero attached hydrogens (tertiary/aromatic N) is 4. The van der Waals surface area contributed by atoms with Crippen LogP contribution in [-0.2, 0) is 17.0 Å². The quantitative estimate of drug-likeness (QED) is 0.431. The van der Waals surface area contributed by atoms with Gasteiger partial charge in [0.1, 0.15) is 0 Å². The van der Waals surface area contributed by atoms with Crippen LogP contribution in [-0.4, -0.2) is 38.8 Å². The van der Waals surface area contributed by atoms with E-state index >= 15 is 0 Å². The Labute approximate surface area is 179 Å². The molecule has 29 heavy (non-hydrogen) atoms. The Morgan fingerprint density at radius 2 is 2.24 bits per heavy atom. The van der Waals surface area contributed by atoms with Crippen LogP contribution in [0.1, 0.15) is 41.1 Å². The first kappa shape index (κ1) is 20.0. The number of likely N-dealkylation sites (tertiary alicyclic amines) is 1. The minimum Gasteiger partial charge on any atom is -0.342 e. The van der Waals surface area contributed by atoms with E-state index in [2.05, 4.69) is 28.3 Å². The van der Waals surface area contributed by atoms with Gasteiger partial charge in [-0.05, 0) is 59.3 Å². The summed E-state index contributed by atoms with van der Waals surface area (Å²) in [7, 11) is 0. The Morgan fingerprint density at radius 3 is 3.03 bits per heavy atom. The van der Waals surface area contributed by atoms with Crippen molar-refractivity contribution in [2.24, 2.45) is 0 Å². The Balaban J connectivity index is 1.43. The van der Waals surface area contributed by atoms with Crippen molar-refractivity contribution in [2.75, 3.05) is 13.1 Å². The molecule has 0 saturated carbocycles. The molecule has 1 aliphatic rings. The van der Waals surface area contributed by atoms with Crippen molar-refractivity contribution in [1.29, 1.82) is 0 Å². The SMILES string of the molecule is Cc1cnc(SCc2cccnc2)nc1C1CCCN(C(=O)Cc2ccsc2)C1. The summed E-state index contributed by atoms with van der Waals surface area (Å²) in [5.74, 6) is 1.29. The third-order valence-corrected chi connectivity index (χ3v) is 6.84. The van der Waals surface area contributed by atoms with Gasteiger partial charge in [0.25, 0.3) is 0 Å². The fourth-order valence-electron chi connectivity index (χ4n) is 3.66. The fourth-order valence-corrected chi connectivity index (χ4v) is 5.08. The van der Waals surface area contributed by atoms with Crippen LogP contribution in [0, 0.1) is 6.92 Å². The topological polar surface area (TPSA) is 59.0 Å². The van der Waals surface area contributed by atoms with Gasteiger partial charge < -0.3 is 4.90 Å². The normalized spacial score (nSPS) is 16.7. The predicted octanol–water partition coefficient (Wildman–Crippen LogP) is 4.48.